The standard InChI is InChI=1S/C59H38N4/c1-5-17-39(18-6-1)41-33-51-57(60-37-41)58-52(34-42(38-61-58)40-19-7-2-8-20-40)59(51,43-29-31-55-49(35-43)47-25-13-15-27-53(47)62(55)45-21-9-3-10-22-45)44-30-32-56-50(36-44)48-26-14-16-28-54(48)63(56)46-23-11-4-12-24-46/h1-38H. The van der Waals surface area contributed by atoms with E-state index in [1.807, 2.05) is 12.4 Å². The summed E-state index contributed by atoms with van der Waals surface area (Å²) in [6.45, 7) is 0. The summed E-state index contributed by atoms with van der Waals surface area (Å²) in [5.74, 6) is 0. The van der Waals surface area contributed by atoms with Crippen LogP contribution < -0.4 is 0 Å². The predicted octanol–water partition coefficient (Wildman–Crippen LogP) is 14.4. The Morgan fingerprint density at radius 1 is 0.302 bits per heavy atom. The lowest BCUT2D eigenvalue weighted by molar-refractivity contribution is 0.768. The van der Waals surface area contributed by atoms with Crippen molar-refractivity contribution in [2.45, 2.75) is 5.41 Å². The van der Waals surface area contributed by atoms with Gasteiger partial charge in [-0.1, -0.05) is 146 Å². The highest BCUT2D eigenvalue weighted by molar-refractivity contribution is 6.11. The Morgan fingerprint density at radius 3 is 1.10 bits per heavy atom. The van der Waals surface area contributed by atoms with Crippen molar-refractivity contribution in [3.8, 4) is 45.0 Å². The molecule has 0 spiro atoms. The average Bonchev–Trinajstić information content (AvgIpc) is 3.98. The normalized spacial score (nSPS) is 12.9. The van der Waals surface area contributed by atoms with Gasteiger partial charge in [-0.2, -0.15) is 0 Å². The lowest BCUT2D eigenvalue weighted by Crippen LogP contribution is -2.29. The van der Waals surface area contributed by atoms with Crippen LogP contribution in [0.15, 0.2) is 231 Å². The lowest BCUT2D eigenvalue weighted by atomic mass is 9.67. The number of pyridine rings is 2. The summed E-state index contributed by atoms with van der Waals surface area (Å²) in [5, 5.41) is 4.81. The van der Waals surface area contributed by atoms with Crippen LogP contribution in [0.2, 0.25) is 0 Å². The zero-order valence-corrected chi connectivity index (χ0v) is 34.2. The molecule has 13 rings (SSSR count). The molecule has 63 heavy (non-hydrogen) atoms. The first-order valence-corrected chi connectivity index (χ1v) is 21.6. The number of aromatic nitrogens is 4. The Morgan fingerprint density at radius 2 is 0.667 bits per heavy atom. The summed E-state index contributed by atoms with van der Waals surface area (Å²) >= 11 is 0. The third-order valence-electron chi connectivity index (χ3n) is 13.3. The van der Waals surface area contributed by atoms with Crippen molar-refractivity contribution in [3.05, 3.63) is 253 Å². The van der Waals surface area contributed by atoms with E-state index in [0.29, 0.717) is 0 Å². The maximum Gasteiger partial charge on any atom is 0.0937 e. The van der Waals surface area contributed by atoms with Gasteiger partial charge < -0.3 is 9.13 Å². The molecule has 4 heterocycles. The van der Waals surface area contributed by atoms with Crippen LogP contribution in [0.25, 0.3) is 88.6 Å². The van der Waals surface area contributed by atoms with E-state index in [4.69, 9.17) is 9.97 Å². The fourth-order valence-electron chi connectivity index (χ4n) is 10.5. The number of hydrogen-bond acceptors (Lipinski definition) is 2. The number of fused-ring (bicyclic) bond motifs is 9. The fraction of sp³-hybridized carbons (Fsp3) is 0.0169. The van der Waals surface area contributed by atoms with Crippen LogP contribution in [0.3, 0.4) is 0 Å². The average molecular weight is 803 g/mol. The Labute approximate surface area is 364 Å². The minimum absolute atomic E-state index is 0.811. The van der Waals surface area contributed by atoms with E-state index in [2.05, 4.69) is 228 Å². The summed E-state index contributed by atoms with van der Waals surface area (Å²) in [6.07, 6.45) is 4.04. The molecule has 0 aliphatic heterocycles. The van der Waals surface area contributed by atoms with Crippen LogP contribution in [-0.4, -0.2) is 19.1 Å². The van der Waals surface area contributed by atoms with E-state index >= 15 is 0 Å². The van der Waals surface area contributed by atoms with E-state index in [1.54, 1.807) is 0 Å². The number of rotatable bonds is 6. The molecule has 12 aromatic rings. The molecule has 0 amide bonds. The number of nitrogens with zero attached hydrogens (tertiary/aromatic N) is 4. The molecule has 0 bridgehead atoms. The molecule has 0 N–H and O–H groups in total. The van der Waals surface area contributed by atoms with Gasteiger partial charge in [0.15, 0.2) is 0 Å². The summed E-state index contributed by atoms with van der Waals surface area (Å²) in [7, 11) is 0. The molecule has 0 radical (unpaired) electrons. The molecule has 4 aromatic heterocycles. The maximum atomic E-state index is 5.37. The molecular formula is C59H38N4. The summed E-state index contributed by atoms with van der Waals surface area (Å²) in [4.78, 5) is 10.7. The van der Waals surface area contributed by atoms with E-state index in [1.165, 1.54) is 32.6 Å². The Kier molecular flexibility index (Phi) is 7.79. The molecule has 4 heteroatoms. The zero-order chi connectivity index (χ0) is 41.5. The highest BCUT2D eigenvalue weighted by Crippen LogP contribution is 2.57. The molecule has 0 atom stereocenters. The number of para-hydroxylation sites is 4. The van der Waals surface area contributed by atoms with Crippen LogP contribution >= 0.6 is 0 Å². The van der Waals surface area contributed by atoms with Crippen LogP contribution in [0.1, 0.15) is 22.3 Å². The Balaban J connectivity index is 1.18. The van der Waals surface area contributed by atoms with Gasteiger partial charge >= 0.3 is 0 Å². The van der Waals surface area contributed by atoms with Gasteiger partial charge in [0, 0.05) is 67.6 Å². The summed E-state index contributed by atoms with van der Waals surface area (Å²) in [6, 6.07) is 79.3. The smallest absolute Gasteiger partial charge is 0.0937 e. The van der Waals surface area contributed by atoms with Gasteiger partial charge in [0.25, 0.3) is 0 Å². The molecule has 1 aliphatic rings. The van der Waals surface area contributed by atoms with Crippen molar-refractivity contribution in [1.82, 2.24) is 19.1 Å². The third-order valence-corrected chi connectivity index (χ3v) is 13.3. The van der Waals surface area contributed by atoms with Gasteiger partial charge in [-0.25, -0.2) is 0 Å². The molecule has 1 aliphatic carbocycles. The quantitative estimate of drug-likeness (QED) is 0.168. The van der Waals surface area contributed by atoms with Crippen LogP contribution in [0, 0.1) is 0 Å². The first kappa shape index (κ1) is 35.4. The highest BCUT2D eigenvalue weighted by atomic mass is 15.0. The van der Waals surface area contributed by atoms with Gasteiger partial charge in [-0.3, -0.25) is 9.97 Å². The molecule has 294 valence electrons. The SMILES string of the molecule is c1ccc(-c2cnc3c(c2)C(c2ccc4c(c2)c2ccccc2n4-c2ccccc2)(c2ccc4c(c2)c2ccccc2n4-c2ccccc2)c2cc(-c4ccccc4)cnc2-3)cc1. The number of hydrogen-bond donors (Lipinski definition) is 0. The van der Waals surface area contributed by atoms with Gasteiger partial charge in [-0.05, 0) is 95.1 Å². The van der Waals surface area contributed by atoms with Crippen molar-refractivity contribution >= 4 is 43.6 Å². The fourth-order valence-corrected chi connectivity index (χ4v) is 10.5. The van der Waals surface area contributed by atoms with Gasteiger partial charge in [0.05, 0.1) is 38.9 Å². The summed E-state index contributed by atoms with van der Waals surface area (Å²) < 4.78 is 4.79. The van der Waals surface area contributed by atoms with Gasteiger partial charge in [-0.15, -0.1) is 0 Å². The van der Waals surface area contributed by atoms with Crippen LogP contribution in [-0.2, 0) is 5.41 Å². The Bertz CT molecular complexity index is 3470. The van der Waals surface area contributed by atoms with Crippen molar-refractivity contribution in [1.29, 1.82) is 0 Å². The first-order valence-electron chi connectivity index (χ1n) is 21.6. The van der Waals surface area contributed by atoms with Crippen molar-refractivity contribution < 1.29 is 0 Å². The molecule has 0 saturated heterocycles. The topological polar surface area (TPSA) is 35.6 Å². The lowest BCUT2D eigenvalue weighted by Gasteiger charge is -2.34. The van der Waals surface area contributed by atoms with Crippen molar-refractivity contribution in [2.24, 2.45) is 0 Å². The first-order chi connectivity index (χ1) is 31.3. The third kappa shape index (κ3) is 5.22. The second kappa shape index (κ2) is 13.8. The van der Waals surface area contributed by atoms with Crippen LogP contribution in [0.4, 0.5) is 0 Å². The summed E-state index contributed by atoms with van der Waals surface area (Å²) in [5.41, 5.74) is 16.9. The maximum absolute atomic E-state index is 5.37. The minimum atomic E-state index is -0.811. The van der Waals surface area contributed by atoms with Gasteiger partial charge in [0.2, 0.25) is 0 Å². The van der Waals surface area contributed by atoms with Crippen LogP contribution in [0.5, 0.6) is 0 Å². The Hall–Kier alpha value is -8.34. The zero-order valence-electron chi connectivity index (χ0n) is 34.2. The minimum Gasteiger partial charge on any atom is -0.309 e. The molecule has 0 fully saturated rings. The monoisotopic (exact) mass is 802 g/mol. The molecule has 4 nitrogen and oxygen atoms in total. The molecular weight excluding hydrogens is 765 g/mol. The number of benzene rings is 8. The highest BCUT2D eigenvalue weighted by Gasteiger charge is 2.49. The predicted molar refractivity (Wildman–Crippen MR) is 259 cm³/mol. The van der Waals surface area contributed by atoms with E-state index < -0.39 is 5.41 Å². The van der Waals surface area contributed by atoms with E-state index in [9.17, 15) is 0 Å². The molecule has 0 saturated carbocycles. The van der Waals surface area contributed by atoms with Gasteiger partial charge in [0.1, 0.15) is 0 Å². The van der Waals surface area contributed by atoms with E-state index in [0.717, 1.165) is 78.3 Å². The van der Waals surface area contributed by atoms with Crippen molar-refractivity contribution in [2.75, 3.05) is 0 Å². The molecule has 8 aromatic carbocycles. The molecule has 0 unspecified atom stereocenters. The van der Waals surface area contributed by atoms with Crippen molar-refractivity contribution in [3.63, 3.8) is 0 Å². The van der Waals surface area contributed by atoms with E-state index in [-0.39, 0.29) is 0 Å². The largest absolute Gasteiger partial charge is 0.309 e. The second-order valence-corrected chi connectivity index (χ2v) is 16.6. The second-order valence-electron chi connectivity index (χ2n) is 16.6.